The third-order valence-corrected chi connectivity index (χ3v) is 3.72. The molecule has 2 N–H and O–H groups in total. The van der Waals surface area contributed by atoms with Crippen molar-refractivity contribution in [2.75, 3.05) is 19.6 Å². The molecule has 0 aromatic carbocycles. The molecule has 17 heavy (non-hydrogen) atoms. The molecule has 1 atom stereocenters. The maximum Gasteiger partial charge on any atom is 0.239 e. The molecule has 1 aliphatic carbocycles. The highest BCUT2D eigenvalue weighted by Crippen LogP contribution is 2.28. The van der Waals surface area contributed by atoms with Crippen molar-refractivity contribution in [2.45, 2.75) is 58.1 Å². The third-order valence-electron chi connectivity index (χ3n) is 3.72. The number of aliphatic hydroxyl groups is 1. The third kappa shape index (κ3) is 3.96. The Morgan fingerprint density at radius 2 is 1.88 bits per heavy atom. The van der Waals surface area contributed by atoms with Crippen LogP contribution in [0.1, 0.15) is 46.5 Å². The molecule has 0 aromatic rings. The van der Waals surface area contributed by atoms with E-state index in [9.17, 15) is 9.90 Å². The van der Waals surface area contributed by atoms with Gasteiger partial charge < -0.3 is 15.3 Å². The lowest BCUT2D eigenvalue weighted by Crippen LogP contribution is -2.49. The molecule has 0 heterocycles. The number of likely N-dealkylation sites (N-methyl/N-ethyl adjacent to an activating group) is 1. The van der Waals surface area contributed by atoms with Gasteiger partial charge in [-0.15, -0.1) is 0 Å². The molecule has 0 aromatic heterocycles. The van der Waals surface area contributed by atoms with E-state index < -0.39 is 5.60 Å². The molecule has 0 bridgehead atoms. The summed E-state index contributed by atoms with van der Waals surface area (Å²) >= 11 is 0. The molecule has 1 unspecified atom stereocenters. The zero-order chi connectivity index (χ0) is 12.9. The second kappa shape index (κ2) is 6.36. The Hall–Kier alpha value is -0.610. The van der Waals surface area contributed by atoms with Crippen LogP contribution in [0.3, 0.4) is 0 Å². The number of hydrogen-bond acceptors (Lipinski definition) is 3. The summed E-state index contributed by atoms with van der Waals surface area (Å²) in [6, 6.07) is -0.209. The molecule has 1 aliphatic rings. The van der Waals surface area contributed by atoms with Gasteiger partial charge in [-0.25, -0.2) is 0 Å². The van der Waals surface area contributed by atoms with Crippen LogP contribution in [-0.4, -0.2) is 47.2 Å². The summed E-state index contributed by atoms with van der Waals surface area (Å²) in [5.41, 5.74) is -0.586. The summed E-state index contributed by atoms with van der Waals surface area (Å²) in [7, 11) is 0. The largest absolute Gasteiger partial charge is 0.389 e. The van der Waals surface area contributed by atoms with Crippen LogP contribution < -0.4 is 5.32 Å². The number of amides is 1. The lowest BCUT2D eigenvalue weighted by atomic mass is 10.0. The van der Waals surface area contributed by atoms with E-state index in [1.165, 1.54) is 0 Å². The zero-order valence-electron chi connectivity index (χ0n) is 11.3. The second-order valence-electron chi connectivity index (χ2n) is 5.04. The van der Waals surface area contributed by atoms with Crippen molar-refractivity contribution in [1.82, 2.24) is 10.2 Å². The summed E-state index contributed by atoms with van der Waals surface area (Å²) in [6.45, 7) is 7.86. The van der Waals surface area contributed by atoms with Gasteiger partial charge in [0.1, 0.15) is 0 Å². The smallest absolute Gasteiger partial charge is 0.239 e. The molecule has 1 fully saturated rings. The van der Waals surface area contributed by atoms with E-state index in [1.54, 1.807) is 0 Å². The van der Waals surface area contributed by atoms with Crippen LogP contribution in [0.4, 0.5) is 0 Å². The molecule has 0 radical (unpaired) electrons. The van der Waals surface area contributed by atoms with Crippen LogP contribution in [0.2, 0.25) is 0 Å². The average Bonchev–Trinajstić information content (AvgIpc) is 2.75. The minimum Gasteiger partial charge on any atom is -0.389 e. The fourth-order valence-corrected chi connectivity index (χ4v) is 2.45. The van der Waals surface area contributed by atoms with Gasteiger partial charge in [-0.2, -0.15) is 0 Å². The topological polar surface area (TPSA) is 52.6 Å². The molecule has 1 saturated carbocycles. The average molecular weight is 242 g/mol. The molecule has 4 nitrogen and oxygen atoms in total. The van der Waals surface area contributed by atoms with Gasteiger partial charge in [0.05, 0.1) is 11.6 Å². The first-order chi connectivity index (χ1) is 8.02. The van der Waals surface area contributed by atoms with Crippen molar-refractivity contribution in [1.29, 1.82) is 0 Å². The summed E-state index contributed by atoms with van der Waals surface area (Å²) in [6.07, 6.45) is 3.89. The summed E-state index contributed by atoms with van der Waals surface area (Å²) in [5, 5.41) is 13.4. The minimum atomic E-state index is -0.586. The normalized spacial score (nSPS) is 20.2. The van der Waals surface area contributed by atoms with Gasteiger partial charge in [-0.05, 0) is 33.6 Å². The van der Waals surface area contributed by atoms with E-state index in [4.69, 9.17) is 0 Å². The number of carbonyl (C=O) groups excluding carboxylic acids is 1. The molecule has 4 heteroatoms. The van der Waals surface area contributed by atoms with E-state index >= 15 is 0 Å². The van der Waals surface area contributed by atoms with Gasteiger partial charge in [0.25, 0.3) is 0 Å². The van der Waals surface area contributed by atoms with Gasteiger partial charge >= 0.3 is 0 Å². The van der Waals surface area contributed by atoms with E-state index in [-0.39, 0.29) is 11.9 Å². The standard InChI is InChI=1S/C13H26N2O2/c1-4-15(5-2)12(16)11(3)14-10-13(17)8-6-7-9-13/h11,14,17H,4-10H2,1-3H3. The van der Waals surface area contributed by atoms with Crippen LogP contribution in [-0.2, 0) is 4.79 Å². The molecular weight excluding hydrogens is 216 g/mol. The van der Waals surface area contributed by atoms with Crippen LogP contribution in [0.25, 0.3) is 0 Å². The zero-order valence-corrected chi connectivity index (χ0v) is 11.3. The molecule has 0 saturated heterocycles. The number of hydrogen-bond donors (Lipinski definition) is 2. The fourth-order valence-electron chi connectivity index (χ4n) is 2.45. The minimum absolute atomic E-state index is 0.122. The summed E-state index contributed by atoms with van der Waals surface area (Å²) in [5.74, 6) is 0.122. The molecule has 1 amide bonds. The van der Waals surface area contributed by atoms with Crippen molar-refractivity contribution in [3.8, 4) is 0 Å². The van der Waals surface area contributed by atoms with Crippen LogP contribution in [0.15, 0.2) is 0 Å². The molecule has 1 rings (SSSR count). The Morgan fingerprint density at radius 1 is 1.35 bits per heavy atom. The van der Waals surface area contributed by atoms with Gasteiger partial charge in [0.2, 0.25) is 5.91 Å². The van der Waals surface area contributed by atoms with Crippen molar-refractivity contribution in [2.24, 2.45) is 0 Å². The monoisotopic (exact) mass is 242 g/mol. The van der Waals surface area contributed by atoms with Crippen LogP contribution in [0, 0.1) is 0 Å². The predicted octanol–water partition coefficient (Wildman–Crippen LogP) is 1.14. The second-order valence-corrected chi connectivity index (χ2v) is 5.04. The molecule has 0 aliphatic heterocycles. The fraction of sp³-hybridized carbons (Fsp3) is 0.923. The first kappa shape index (κ1) is 14.5. The highest BCUT2D eigenvalue weighted by molar-refractivity contribution is 5.81. The Bertz CT molecular complexity index is 246. The molecular formula is C13H26N2O2. The van der Waals surface area contributed by atoms with E-state index in [2.05, 4.69) is 5.32 Å². The van der Waals surface area contributed by atoms with Crippen molar-refractivity contribution < 1.29 is 9.90 Å². The maximum absolute atomic E-state index is 12.0. The Balaban J connectivity index is 2.38. The van der Waals surface area contributed by atoms with Gasteiger partial charge in [0, 0.05) is 19.6 Å². The Labute approximate surface area is 104 Å². The quantitative estimate of drug-likeness (QED) is 0.734. The van der Waals surface area contributed by atoms with Gasteiger partial charge in [0.15, 0.2) is 0 Å². The predicted molar refractivity (Wildman–Crippen MR) is 68.8 cm³/mol. The van der Waals surface area contributed by atoms with Crippen LogP contribution in [0.5, 0.6) is 0 Å². The van der Waals surface area contributed by atoms with E-state index in [1.807, 2.05) is 25.7 Å². The molecule has 100 valence electrons. The summed E-state index contributed by atoms with van der Waals surface area (Å²) < 4.78 is 0. The highest BCUT2D eigenvalue weighted by Gasteiger charge is 2.31. The highest BCUT2D eigenvalue weighted by atomic mass is 16.3. The van der Waals surface area contributed by atoms with Gasteiger partial charge in [-0.3, -0.25) is 4.79 Å². The SMILES string of the molecule is CCN(CC)C(=O)C(C)NCC1(O)CCCC1. The number of carbonyl (C=O) groups is 1. The number of nitrogens with one attached hydrogen (secondary N) is 1. The number of rotatable bonds is 6. The molecule has 0 spiro atoms. The van der Waals surface area contributed by atoms with Crippen molar-refractivity contribution >= 4 is 5.91 Å². The first-order valence-electron chi connectivity index (χ1n) is 6.77. The van der Waals surface area contributed by atoms with Crippen molar-refractivity contribution in [3.63, 3.8) is 0 Å². The van der Waals surface area contributed by atoms with Crippen molar-refractivity contribution in [3.05, 3.63) is 0 Å². The first-order valence-corrected chi connectivity index (χ1v) is 6.77. The van der Waals surface area contributed by atoms with Gasteiger partial charge in [-0.1, -0.05) is 12.8 Å². The van der Waals surface area contributed by atoms with E-state index in [0.717, 1.165) is 38.8 Å². The lowest BCUT2D eigenvalue weighted by Gasteiger charge is -2.27. The Morgan fingerprint density at radius 3 is 2.35 bits per heavy atom. The Kier molecular flexibility index (Phi) is 5.40. The number of nitrogens with zero attached hydrogens (tertiary/aromatic N) is 1. The summed E-state index contributed by atoms with van der Waals surface area (Å²) in [4.78, 5) is 13.8. The lowest BCUT2D eigenvalue weighted by molar-refractivity contribution is -0.132. The van der Waals surface area contributed by atoms with Crippen LogP contribution >= 0.6 is 0 Å². The van der Waals surface area contributed by atoms with E-state index in [0.29, 0.717) is 6.54 Å². The maximum atomic E-state index is 12.0.